The first-order valence-corrected chi connectivity index (χ1v) is 20.3. The topological polar surface area (TPSA) is 38.7 Å². The Hall–Kier alpha value is -8.01. The van der Waals surface area contributed by atoms with Crippen molar-refractivity contribution < 1.29 is 0 Å². The molecular weight excluding hydrogens is 727 g/mol. The Morgan fingerprint density at radius 2 is 0.417 bits per heavy atom. The van der Waals surface area contributed by atoms with E-state index in [0.29, 0.717) is 17.5 Å². The van der Waals surface area contributed by atoms with Gasteiger partial charge in [-0.05, 0) is 78.9 Å². The van der Waals surface area contributed by atoms with E-state index >= 15 is 0 Å². The van der Waals surface area contributed by atoms with E-state index in [2.05, 4.69) is 206 Å². The fourth-order valence-corrected chi connectivity index (χ4v) is 7.92. The predicted molar refractivity (Wildman–Crippen MR) is 249 cm³/mol. The van der Waals surface area contributed by atoms with Crippen molar-refractivity contribution in [2.45, 2.75) is 0 Å². The summed E-state index contributed by atoms with van der Waals surface area (Å²) in [6.07, 6.45) is 0. The van der Waals surface area contributed by atoms with Crippen molar-refractivity contribution in [2.24, 2.45) is 0 Å². The van der Waals surface area contributed by atoms with Gasteiger partial charge in [0.1, 0.15) is 0 Å². The summed E-state index contributed by atoms with van der Waals surface area (Å²) >= 11 is 0. The van der Waals surface area contributed by atoms with Crippen LogP contribution < -0.4 is 0 Å². The highest BCUT2D eigenvalue weighted by Crippen LogP contribution is 2.37. The Bertz CT molecular complexity index is 2860. The summed E-state index contributed by atoms with van der Waals surface area (Å²) in [7, 11) is 0. The highest BCUT2D eigenvalue weighted by Gasteiger charge is 2.16. The molecule has 10 rings (SSSR count). The van der Waals surface area contributed by atoms with Gasteiger partial charge in [0.25, 0.3) is 0 Å². The van der Waals surface area contributed by atoms with Crippen molar-refractivity contribution in [1.29, 1.82) is 0 Å². The Balaban J connectivity index is 1.02. The molecule has 1 heterocycles. The smallest absolute Gasteiger partial charge is 0.164 e. The molecule has 0 fully saturated rings. The highest BCUT2D eigenvalue weighted by atomic mass is 15.0. The second-order valence-corrected chi connectivity index (χ2v) is 14.8. The van der Waals surface area contributed by atoms with Gasteiger partial charge >= 0.3 is 0 Å². The fraction of sp³-hybridized carbons (Fsp3) is 0. The van der Waals surface area contributed by atoms with E-state index in [4.69, 9.17) is 15.0 Å². The van der Waals surface area contributed by atoms with E-state index in [0.717, 1.165) is 50.1 Å². The average molecular weight is 766 g/mol. The number of rotatable bonds is 9. The summed E-state index contributed by atoms with van der Waals surface area (Å²) in [5.74, 6) is 1.87. The SMILES string of the molecule is c1ccc(-c2ccc(-c3ccccc3-c3cccc(-c4nc(-c5ccccc5)nc(-c5cccc(-c6ccccc6-c6ccc(-c7ccccc7)cc6)c5)n4)c3)cc2)cc1. The molecule has 9 aromatic carbocycles. The predicted octanol–water partition coefficient (Wildman–Crippen LogP) is 14.9. The van der Waals surface area contributed by atoms with Crippen molar-refractivity contribution in [3.05, 3.63) is 237 Å². The van der Waals surface area contributed by atoms with Crippen molar-refractivity contribution in [3.8, 4) is 101 Å². The monoisotopic (exact) mass is 765 g/mol. The van der Waals surface area contributed by atoms with E-state index in [1.807, 2.05) is 30.3 Å². The van der Waals surface area contributed by atoms with E-state index < -0.39 is 0 Å². The van der Waals surface area contributed by atoms with Crippen LogP contribution in [-0.2, 0) is 0 Å². The molecule has 0 unspecified atom stereocenters. The van der Waals surface area contributed by atoms with Crippen LogP contribution in [0.5, 0.6) is 0 Å². The largest absolute Gasteiger partial charge is 0.208 e. The summed E-state index contributed by atoms with van der Waals surface area (Å²) in [6, 6.07) is 83.1. The van der Waals surface area contributed by atoms with Crippen LogP contribution in [0.25, 0.3) is 101 Å². The molecule has 0 radical (unpaired) electrons. The van der Waals surface area contributed by atoms with Crippen LogP contribution in [0.2, 0.25) is 0 Å². The quantitative estimate of drug-likeness (QED) is 0.147. The van der Waals surface area contributed by atoms with Crippen LogP contribution in [-0.4, -0.2) is 15.0 Å². The molecule has 0 saturated heterocycles. The van der Waals surface area contributed by atoms with Gasteiger partial charge in [-0.1, -0.05) is 224 Å². The van der Waals surface area contributed by atoms with Crippen LogP contribution in [0.3, 0.4) is 0 Å². The molecule has 60 heavy (non-hydrogen) atoms. The molecule has 0 amide bonds. The second-order valence-electron chi connectivity index (χ2n) is 14.8. The highest BCUT2D eigenvalue weighted by molar-refractivity contribution is 5.87. The molecule has 282 valence electrons. The lowest BCUT2D eigenvalue weighted by molar-refractivity contribution is 1.07. The first-order valence-electron chi connectivity index (χ1n) is 20.3. The molecule has 0 saturated carbocycles. The third kappa shape index (κ3) is 7.56. The molecule has 10 aromatic rings. The number of benzene rings is 9. The summed E-state index contributed by atoms with van der Waals surface area (Å²) in [5.41, 5.74) is 16.7. The lowest BCUT2D eigenvalue weighted by Gasteiger charge is -2.14. The van der Waals surface area contributed by atoms with Gasteiger partial charge in [-0.15, -0.1) is 0 Å². The molecule has 0 aliphatic rings. The minimum absolute atomic E-state index is 0.620. The Kier molecular flexibility index (Phi) is 9.97. The Labute approximate surface area is 351 Å². The summed E-state index contributed by atoms with van der Waals surface area (Å²) in [6.45, 7) is 0. The van der Waals surface area contributed by atoms with E-state index in [9.17, 15) is 0 Å². The van der Waals surface area contributed by atoms with Gasteiger partial charge in [0.15, 0.2) is 17.5 Å². The molecule has 0 spiro atoms. The fourth-order valence-electron chi connectivity index (χ4n) is 7.92. The molecule has 3 heteroatoms. The van der Waals surface area contributed by atoms with Crippen molar-refractivity contribution in [2.75, 3.05) is 0 Å². The third-order valence-electron chi connectivity index (χ3n) is 11.0. The van der Waals surface area contributed by atoms with Gasteiger partial charge in [-0.2, -0.15) is 0 Å². The number of nitrogens with zero attached hydrogens (tertiary/aromatic N) is 3. The summed E-state index contributed by atoms with van der Waals surface area (Å²) in [5, 5.41) is 0. The third-order valence-corrected chi connectivity index (χ3v) is 11.0. The minimum Gasteiger partial charge on any atom is -0.208 e. The maximum atomic E-state index is 5.18. The number of aromatic nitrogens is 3. The lowest BCUT2D eigenvalue weighted by atomic mass is 9.92. The maximum absolute atomic E-state index is 5.18. The zero-order chi connectivity index (χ0) is 40.1. The zero-order valence-electron chi connectivity index (χ0n) is 32.9. The van der Waals surface area contributed by atoms with Gasteiger partial charge < -0.3 is 0 Å². The molecular formula is C57H39N3. The number of hydrogen-bond donors (Lipinski definition) is 0. The molecule has 0 bridgehead atoms. The molecule has 0 aliphatic carbocycles. The van der Waals surface area contributed by atoms with Gasteiger partial charge in [0.2, 0.25) is 0 Å². The molecule has 0 aliphatic heterocycles. The van der Waals surface area contributed by atoms with Gasteiger partial charge in [0.05, 0.1) is 0 Å². The van der Waals surface area contributed by atoms with E-state index in [1.165, 1.54) is 33.4 Å². The van der Waals surface area contributed by atoms with Crippen LogP contribution in [0.15, 0.2) is 237 Å². The average Bonchev–Trinajstić information content (AvgIpc) is 3.35. The van der Waals surface area contributed by atoms with Crippen LogP contribution in [0.1, 0.15) is 0 Å². The standard InChI is InChI=1S/C57H39N3/c1-4-16-40(17-5-1)42-30-34-44(35-31-42)51-26-10-12-28-53(51)47-22-14-24-49(38-47)56-58-55(46-20-8-3-9-21-46)59-57(60-56)50-25-15-23-48(39-50)54-29-13-11-27-52(54)45-36-32-43(33-37-45)41-18-6-2-7-19-41/h1-39H. The molecule has 3 nitrogen and oxygen atoms in total. The Morgan fingerprint density at radius 1 is 0.167 bits per heavy atom. The minimum atomic E-state index is 0.620. The van der Waals surface area contributed by atoms with Crippen molar-refractivity contribution in [1.82, 2.24) is 15.0 Å². The van der Waals surface area contributed by atoms with E-state index in [1.54, 1.807) is 0 Å². The summed E-state index contributed by atoms with van der Waals surface area (Å²) < 4.78 is 0. The lowest BCUT2D eigenvalue weighted by Crippen LogP contribution is -2.00. The van der Waals surface area contributed by atoms with Gasteiger partial charge in [0, 0.05) is 16.7 Å². The molecule has 1 aromatic heterocycles. The van der Waals surface area contributed by atoms with Crippen molar-refractivity contribution in [3.63, 3.8) is 0 Å². The molecule has 0 N–H and O–H groups in total. The van der Waals surface area contributed by atoms with Gasteiger partial charge in [-0.25, -0.2) is 15.0 Å². The Morgan fingerprint density at radius 3 is 0.800 bits per heavy atom. The maximum Gasteiger partial charge on any atom is 0.164 e. The first-order chi connectivity index (χ1) is 29.7. The van der Waals surface area contributed by atoms with Crippen molar-refractivity contribution >= 4 is 0 Å². The normalized spacial score (nSPS) is 11.0. The van der Waals surface area contributed by atoms with E-state index in [-0.39, 0.29) is 0 Å². The van der Waals surface area contributed by atoms with Crippen LogP contribution >= 0.6 is 0 Å². The molecule has 0 atom stereocenters. The number of hydrogen-bond acceptors (Lipinski definition) is 3. The summed E-state index contributed by atoms with van der Waals surface area (Å²) in [4.78, 5) is 15.4. The van der Waals surface area contributed by atoms with Crippen LogP contribution in [0, 0.1) is 0 Å². The first kappa shape index (κ1) is 36.3. The zero-order valence-corrected chi connectivity index (χ0v) is 32.9. The van der Waals surface area contributed by atoms with Gasteiger partial charge in [-0.3, -0.25) is 0 Å². The van der Waals surface area contributed by atoms with Crippen LogP contribution in [0.4, 0.5) is 0 Å². The second kappa shape index (κ2) is 16.5.